The maximum absolute atomic E-state index is 12.0. The van der Waals surface area contributed by atoms with Crippen LogP contribution in [-0.4, -0.2) is 11.9 Å². The van der Waals surface area contributed by atoms with Gasteiger partial charge in [0.05, 0.1) is 5.56 Å². The molecule has 0 saturated carbocycles. The zero-order valence-corrected chi connectivity index (χ0v) is 10.3. The van der Waals surface area contributed by atoms with Gasteiger partial charge in [-0.25, -0.2) is 0 Å². The van der Waals surface area contributed by atoms with E-state index in [1.54, 1.807) is 0 Å². The van der Waals surface area contributed by atoms with Crippen LogP contribution in [0.25, 0.3) is 0 Å². The van der Waals surface area contributed by atoms with E-state index in [1.165, 1.54) is 5.56 Å². The van der Waals surface area contributed by atoms with Crippen molar-refractivity contribution in [3.63, 3.8) is 0 Å². The van der Waals surface area contributed by atoms with Gasteiger partial charge in [0.15, 0.2) is 6.10 Å². The van der Waals surface area contributed by atoms with Gasteiger partial charge in [-0.3, -0.25) is 4.79 Å². The Morgan fingerprint density at radius 1 is 1.31 bits per heavy atom. The van der Waals surface area contributed by atoms with E-state index in [0.29, 0.717) is 0 Å². The standard InChI is InChI=1S/C14H18O2/c1-5-11-13(15)10-8-9(14(2,3)4)6-7-12(10)16-11/h6-8,11H,5H2,1-4H3. The Bertz CT molecular complexity index is 427. The second-order valence-corrected chi connectivity index (χ2v) is 5.34. The molecule has 1 aromatic carbocycles. The first-order chi connectivity index (χ1) is 7.43. The highest BCUT2D eigenvalue weighted by Gasteiger charge is 2.31. The predicted octanol–water partition coefficient (Wildman–Crippen LogP) is 3.34. The third-order valence-electron chi connectivity index (χ3n) is 3.04. The highest BCUT2D eigenvalue weighted by Crippen LogP contribution is 2.34. The molecular weight excluding hydrogens is 200 g/mol. The van der Waals surface area contributed by atoms with Crippen molar-refractivity contribution in [2.24, 2.45) is 0 Å². The van der Waals surface area contributed by atoms with Crippen molar-refractivity contribution in [2.75, 3.05) is 0 Å². The summed E-state index contributed by atoms with van der Waals surface area (Å²) in [5, 5.41) is 0. The van der Waals surface area contributed by atoms with Crippen LogP contribution in [0.3, 0.4) is 0 Å². The lowest BCUT2D eigenvalue weighted by atomic mass is 9.85. The van der Waals surface area contributed by atoms with E-state index >= 15 is 0 Å². The largest absolute Gasteiger partial charge is 0.482 e. The molecule has 86 valence electrons. The number of benzene rings is 1. The Hall–Kier alpha value is -1.31. The zero-order chi connectivity index (χ0) is 11.9. The monoisotopic (exact) mass is 218 g/mol. The first-order valence-corrected chi connectivity index (χ1v) is 5.79. The van der Waals surface area contributed by atoms with Gasteiger partial charge in [-0.1, -0.05) is 33.8 Å². The first kappa shape index (κ1) is 11.2. The molecule has 0 N–H and O–H groups in total. The summed E-state index contributed by atoms with van der Waals surface area (Å²) in [5.74, 6) is 0.869. The SMILES string of the molecule is CCC1Oc2ccc(C(C)(C)C)cc2C1=O. The van der Waals surface area contributed by atoms with E-state index < -0.39 is 0 Å². The molecule has 0 aromatic heterocycles. The van der Waals surface area contributed by atoms with Crippen molar-refractivity contribution in [3.05, 3.63) is 29.3 Å². The Morgan fingerprint density at radius 3 is 2.56 bits per heavy atom. The fraction of sp³-hybridized carbons (Fsp3) is 0.500. The number of ketones is 1. The average molecular weight is 218 g/mol. The van der Waals surface area contributed by atoms with Gasteiger partial charge in [0.25, 0.3) is 0 Å². The van der Waals surface area contributed by atoms with Crippen molar-refractivity contribution in [3.8, 4) is 5.75 Å². The summed E-state index contributed by atoms with van der Waals surface area (Å²) in [5.41, 5.74) is 2.00. The number of hydrogen-bond donors (Lipinski definition) is 0. The lowest BCUT2D eigenvalue weighted by Gasteiger charge is -2.19. The normalized spacial score (nSPS) is 19.5. The number of carbonyl (C=O) groups is 1. The summed E-state index contributed by atoms with van der Waals surface area (Å²) in [7, 11) is 0. The molecule has 1 atom stereocenters. The molecule has 2 rings (SSSR count). The van der Waals surface area contributed by atoms with Crippen LogP contribution in [0.5, 0.6) is 5.75 Å². The summed E-state index contributed by atoms with van der Waals surface area (Å²) in [4.78, 5) is 12.0. The maximum Gasteiger partial charge on any atom is 0.207 e. The Kier molecular flexibility index (Phi) is 2.53. The second kappa shape index (κ2) is 3.62. The van der Waals surface area contributed by atoms with Crippen molar-refractivity contribution in [2.45, 2.75) is 45.6 Å². The molecule has 0 fully saturated rings. The van der Waals surface area contributed by atoms with Crippen LogP contribution in [0, 0.1) is 0 Å². The molecule has 2 heteroatoms. The topological polar surface area (TPSA) is 26.3 Å². The Balaban J connectivity index is 2.43. The molecule has 2 nitrogen and oxygen atoms in total. The number of ether oxygens (including phenoxy) is 1. The van der Waals surface area contributed by atoms with Gasteiger partial charge in [0.1, 0.15) is 5.75 Å². The summed E-state index contributed by atoms with van der Waals surface area (Å²) >= 11 is 0. The first-order valence-electron chi connectivity index (χ1n) is 5.79. The van der Waals surface area contributed by atoms with E-state index in [1.807, 2.05) is 25.1 Å². The maximum atomic E-state index is 12.0. The molecule has 1 aliphatic rings. The summed E-state index contributed by atoms with van der Waals surface area (Å²) in [6, 6.07) is 5.95. The zero-order valence-electron chi connectivity index (χ0n) is 10.3. The van der Waals surface area contributed by atoms with Crippen LogP contribution in [0.4, 0.5) is 0 Å². The van der Waals surface area contributed by atoms with Crippen LogP contribution in [0.1, 0.15) is 50.0 Å². The Labute approximate surface area is 96.6 Å². The van der Waals surface area contributed by atoms with Gasteiger partial charge in [0, 0.05) is 0 Å². The molecule has 0 amide bonds. The molecule has 1 heterocycles. The number of carbonyl (C=O) groups excluding carboxylic acids is 1. The smallest absolute Gasteiger partial charge is 0.207 e. The molecule has 16 heavy (non-hydrogen) atoms. The van der Waals surface area contributed by atoms with Crippen molar-refractivity contribution in [1.82, 2.24) is 0 Å². The quantitative estimate of drug-likeness (QED) is 0.722. The minimum absolute atomic E-state index is 0.0691. The van der Waals surface area contributed by atoms with Crippen molar-refractivity contribution < 1.29 is 9.53 Å². The molecule has 0 spiro atoms. The van der Waals surface area contributed by atoms with Gasteiger partial charge in [0.2, 0.25) is 5.78 Å². The third kappa shape index (κ3) is 1.73. The summed E-state index contributed by atoms with van der Waals surface area (Å²) in [6.07, 6.45) is 0.462. The van der Waals surface area contributed by atoms with Gasteiger partial charge < -0.3 is 4.74 Å². The molecule has 1 aliphatic heterocycles. The number of hydrogen-bond acceptors (Lipinski definition) is 2. The van der Waals surface area contributed by atoms with E-state index in [2.05, 4.69) is 20.8 Å². The third-order valence-corrected chi connectivity index (χ3v) is 3.04. The fourth-order valence-corrected chi connectivity index (χ4v) is 1.94. The lowest BCUT2D eigenvalue weighted by molar-refractivity contribution is 0.0853. The van der Waals surface area contributed by atoms with Crippen LogP contribution in [0.15, 0.2) is 18.2 Å². The van der Waals surface area contributed by atoms with E-state index in [-0.39, 0.29) is 17.3 Å². The predicted molar refractivity (Wildman–Crippen MR) is 64.2 cm³/mol. The minimum Gasteiger partial charge on any atom is -0.482 e. The number of fused-ring (bicyclic) bond motifs is 1. The summed E-state index contributed by atoms with van der Waals surface area (Å²) in [6.45, 7) is 8.41. The van der Waals surface area contributed by atoms with E-state index in [4.69, 9.17) is 4.74 Å². The van der Waals surface area contributed by atoms with Crippen LogP contribution in [0.2, 0.25) is 0 Å². The Morgan fingerprint density at radius 2 is 2.00 bits per heavy atom. The molecule has 0 bridgehead atoms. The summed E-state index contributed by atoms with van der Waals surface area (Å²) < 4.78 is 5.59. The van der Waals surface area contributed by atoms with Crippen LogP contribution in [-0.2, 0) is 5.41 Å². The van der Waals surface area contributed by atoms with E-state index in [0.717, 1.165) is 17.7 Å². The van der Waals surface area contributed by atoms with Crippen molar-refractivity contribution in [1.29, 1.82) is 0 Å². The van der Waals surface area contributed by atoms with Crippen LogP contribution < -0.4 is 4.74 Å². The van der Waals surface area contributed by atoms with Gasteiger partial charge in [-0.2, -0.15) is 0 Å². The van der Waals surface area contributed by atoms with Crippen LogP contribution >= 0.6 is 0 Å². The van der Waals surface area contributed by atoms with Gasteiger partial charge >= 0.3 is 0 Å². The molecule has 0 saturated heterocycles. The van der Waals surface area contributed by atoms with Gasteiger partial charge in [-0.15, -0.1) is 0 Å². The van der Waals surface area contributed by atoms with Gasteiger partial charge in [-0.05, 0) is 29.5 Å². The number of Topliss-reactive ketones (excluding diaryl/α,β-unsaturated/α-hetero) is 1. The van der Waals surface area contributed by atoms with E-state index in [9.17, 15) is 4.79 Å². The fourth-order valence-electron chi connectivity index (χ4n) is 1.94. The lowest BCUT2D eigenvalue weighted by Crippen LogP contribution is -2.18. The molecule has 0 radical (unpaired) electrons. The molecule has 1 unspecified atom stereocenters. The molecule has 1 aromatic rings. The molecule has 0 aliphatic carbocycles. The highest BCUT2D eigenvalue weighted by atomic mass is 16.5. The minimum atomic E-state index is -0.273. The highest BCUT2D eigenvalue weighted by molar-refractivity contribution is 6.04. The average Bonchev–Trinajstić information content (AvgIpc) is 2.54. The number of rotatable bonds is 1. The van der Waals surface area contributed by atoms with Crippen molar-refractivity contribution >= 4 is 5.78 Å². The second-order valence-electron chi connectivity index (χ2n) is 5.34. The molecular formula is C14H18O2.